The van der Waals surface area contributed by atoms with Crippen LogP contribution < -0.4 is 5.32 Å². The summed E-state index contributed by atoms with van der Waals surface area (Å²) in [5.41, 5.74) is 2.47. The van der Waals surface area contributed by atoms with Gasteiger partial charge in [0.05, 0.1) is 22.5 Å². The third-order valence-electron chi connectivity index (χ3n) is 3.74. The molecule has 2 N–H and O–H groups in total. The zero-order valence-electron chi connectivity index (χ0n) is 13.9. The molecule has 3 rings (SSSR count). The first-order valence-corrected chi connectivity index (χ1v) is 9.08. The number of rotatable bonds is 5. The van der Waals surface area contributed by atoms with Gasteiger partial charge in [0.15, 0.2) is 0 Å². The highest BCUT2D eigenvalue weighted by molar-refractivity contribution is 7.89. The fourth-order valence-electron chi connectivity index (χ4n) is 2.36. The molecule has 7 nitrogen and oxygen atoms in total. The lowest BCUT2D eigenvalue weighted by Crippen LogP contribution is -2.35. The molecule has 1 aromatic heterocycles. The molecule has 0 unspecified atom stereocenters. The van der Waals surface area contributed by atoms with Gasteiger partial charge in [0, 0.05) is 7.05 Å². The molecule has 0 aliphatic heterocycles. The van der Waals surface area contributed by atoms with Crippen LogP contribution in [-0.4, -0.2) is 42.2 Å². The number of amides is 1. The maximum absolute atomic E-state index is 12.5. The highest BCUT2D eigenvalue weighted by atomic mass is 32.2. The fourth-order valence-corrected chi connectivity index (χ4v) is 3.49. The monoisotopic (exact) mass is 358 g/mol. The summed E-state index contributed by atoms with van der Waals surface area (Å²) in [7, 11) is -2.36. The minimum Gasteiger partial charge on any atom is -0.324 e. The molecular formula is C17H18N4O3S. The third kappa shape index (κ3) is 3.70. The van der Waals surface area contributed by atoms with Gasteiger partial charge in [-0.2, -0.15) is 4.31 Å². The summed E-state index contributed by atoms with van der Waals surface area (Å²) in [4.78, 5) is 19.5. The minimum absolute atomic E-state index is 0.150. The molecule has 25 heavy (non-hydrogen) atoms. The number of sulfonamides is 1. The molecule has 1 amide bonds. The van der Waals surface area contributed by atoms with Crippen molar-refractivity contribution in [3.63, 3.8) is 0 Å². The Morgan fingerprint density at radius 1 is 1.16 bits per heavy atom. The van der Waals surface area contributed by atoms with Crippen LogP contribution in [0.25, 0.3) is 11.0 Å². The Morgan fingerprint density at radius 2 is 1.84 bits per heavy atom. The molecule has 0 radical (unpaired) electrons. The van der Waals surface area contributed by atoms with Gasteiger partial charge in [-0.25, -0.2) is 13.4 Å². The van der Waals surface area contributed by atoms with E-state index in [4.69, 9.17) is 0 Å². The quantitative estimate of drug-likeness (QED) is 0.730. The van der Waals surface area contributed by atoms with Crippen LogP contribution in [0.15, 0.2) is 53.4 Å². The van der Waals surface area contributed by atoms with Gasteiger partial charge >= 0.3 is 0 Å². The number of para-hydroxylation sites is 2. The number of fused-ring (bicyclic) bond motifs is 1. The van der Waals surface area contributed by atoms with Gasteiger partial charge < -0.3 is 4.98 Å². The van der Waals surface area contributed by atoms with Crippen LogP contribution in [0.1, 0.15) is 5.56 Å². The Labute approximate surface area is 145 Å². The highest BCUT2D eigenvalue weighted by Gasteiger charge is 2.23. The first-order valence-electron chi connectivity index (χ1n) is 7.64. The maximum atomic E-state index is 12.5. The molecule has 0 saturated carbocycles. The van der Waals surface area contributed by atoms with Gasteiger partial charge in [-0.05, 0) is 31.2 Å². The van der Waals surface area contributed by atoms with E-state index in [0.717, 1.165) is 20.9 Å². The standard InChI is InChI=1S/C17H18N4O3S/c1-12-7-9-13(10-8-12)25(23,24)21(2)11-16(22)20-17-18-14-5-3-4-6-15(14)19-17/h3-10H,11H2,1-2H3,(H2,18,19,20,22). The van der Waals surface area contributed by atoms with Crippen molar-refractivity contribution in [2.24, 2.45) is 0 Å². The van der Waals surface area contributed by atoms with Crippen LogP contribution in [0.5, 0.6) is 0 Å². The lowest BCUT2D eigenvalue weighted by molar-refractivity contribution is -0.116. The lowest BCUT2D eigenvalue weighted by Gasteiger charge is -2.16. The van der Waals surface area contributed by atoms with Crippen molar-refractivity contribution in [3.8, 4) is 0 Å². The molecule has 1 heterocycles. The summed E-state index contributed by atoms with van der Waals surface area (Å²) in [5.74, 6) is -0.190. The van der Waals surface area contributed by atoms with E-state index in [1.165, 1.54) is 19.2 Å². The Bertz CT molecular complexity index is 977. The number of aromatic nitrogens is 2. The van der Waals surface area contributed by atoms with Crippen molar-refractivity contribution in [3.05, 3.63) is 54.1 Å². The molecule has 0 bridgehead atoms. The molecule has 0 saturated heterocycles. The van der Waals surface area contributed by atoms with Crippen molar-refractivity contribution in [2.75, 3.05) is 18.9 Å². The summed E-state index contributed by atoms with van der Waals surface area (Å²) < 4.78 is 26.0. The largest absolute Gasteiger partial charge is 0.324 e. The summed E-state index contributed by atoms with van der Waals surface area (Å²) in [6.45, 7) is 1.56. The number of nitrogens with one attached hydrogen (secondary N) is 2. The van der Waals surface area contributed by atoms with Gasteiger partial charge in [0.25, 0.3) is 0 Å². The van der Waals surface area contributed by atoms with Crippen molar-refractivity contribution >= 4 is 32.9 Å². The molecule has 0 fully saturated rings. The smallest absolute Gasteiger partial charge is 0.243 e. The number of carbonyl (C=O) groups is 1. The summed E-state index contributed by atoms with van der Waals surface area (Å²) in [5, 5.41) is 2.58. The number of carbonyl (C=O) groups excluding carboxylic acids is 1. The lowest BCUT2D eigenvalue weighted by atomic mass is 10.2. The summed E-state index contributed by atoms with van der Waals surface area (Å²) in [6, 6.07) is 13.8. The number of aryl methyl sites for hydroxylation is 1. The SMILES string of the molecule is Cc1ccc(S(=O)(=O)N(C)CC(=O)Nc2nc3ccccc3[nH]2)cc1. The zero-order chi connectivity index (χ0) is 18.0. The van der Waals surface area contributed by atoms with E-state index in [0.29, 0.717) is 0 Å². The molecule has 2 aromatic carbocycles. The first-order chi connectivity index (χ1) is 11.9. The van der Waals surface area contributed by atoms with Gasteiger partial charge in [0.2, 0.25) is 21.9 Å². The second-order valence-electron chi connectivity index (χ2n) is 5.72. The fraction of sp³-hybridized carbons (Fsp3) is 0.176. The van der Waals surface area contributed by atoms with E-state index in [2.05, 4.69) is 15.3 Å². The second-order valence-corrected chi connectivity index (χ2v) is 7.77. The van der Waals surface area contributed by atoms with Gasteiger partial charge in [0.1, 0.15) is 0 Å². The number of likely N-dealkylation sites (N-methyl/N-ethyl adjacent to an activating group) is 1. The van der Waals surface area contributed by atoms with Crippen LogP contribution in [0.4, 0.5) is 5.95 Å². The van der Waals surface area contributed by atoms with Gasteiger partial charge in [-0.3, -0.25) is 10.1 Å². The third-order valence-corrected chi connectivity index (χ3v) is 5.56. The van der Waals surface area contributed by atoms with E-state index >= 15 is 0 Å². The average molecular weight is 358 g/mol. The van der Waals surface area contributed by atoms with Crippen LogP contribution in [0.2, 0.25) is 0 Å². The van der Waals surface area contributed by atoms with Crippen LogP contribution in [0, 0.1) is 6.92 Å². The van der Waals surface area contributed by atoms with E-state index in [-0.39, 0.29) is 17.4 Å². The van der Waals surface area contributed by atoms with Crippen LogP contribution in [-0.2, 0) is 14.8 Å². The van der Waals surface area contributed by atoms with Crippen LogP contribution >= 0.6 is 0 Å². The first kappa shape index (κ1) is 17.1. The Balaban J connectivity index is 1.70. The normalized spacial score (nSPS) is 11.8. The maximum Gasteiger partial charge on any atom is 0.243 e. The molecule has 0 atom stereocenters. The topological polar surface area (TPSA) is 95.2 Å². The predicted octanol–water partition coefficient (Wildman–Crippen LogP) is 2.13. The predicted molar refractivity (Wildman–Crippen MR) is 95.7 cm³/mol. The molecule has 0 aliphatic rings. The van der Waals surface area contributed by atoms with Crippen molar-refractivity contribution in [1.29, 1.82) is 0 Å². The number of hydrogen-bond donors (Lipinski definition) is 2. The van der Waals surface area contributed by atoms with Crippen molar-refractivity contribution in [2.45, 2.75) is 11.8 Å². The molecule has 130 valence electrons. The van der Waals surface area contributed by atoms with E-state index < -0.39 is 15.9 Å². The Kier molecular flexibility index (Phi) is 4.56. The number of anilines is 1. The number of imidazole rings is 1. The number of aromatic amines is 1. The molecular weight excluding hydrogens is 340 g/mol. The van der Waals surface area contributed by atoms with Crippen LogP contribution in [0.3, 0.4) is 0 Å². The summed E-state index contributed by atoms with van der Waals surface area (Å²) >= 11 is 0. The van der Waals surface area contributed by atoms with Gasteiger partial charge in [-0.1, -0.05) is 29.8 Å². The molecule has 3 aromatic rings. The van der Waals surface area contributed by atoms with Crippen molar-refractivity contribution in [1.82, 2.24) is 14.3 Å². The molecule has 0 spiro atoms. The molecule has 8 heteroatoms. The highest BCUT2D eigenvalue weighted by Crippen LogP contribution is 2.16. The summed E-state index contributed by atoms with van der Waals surface area (Å²) in [6.07, 6.45) is 0. The zero-order valence-corrected chi connectivity index (χ0v) is 14.7. The number of H-pyrrole nitrogens is 1. The number of hydrogen-bond acceptors (Lipinski definition) is 4. The average Bonchev–Trinajstić information content (AvgIpc) is 2.97. The van der Waals surface area contributed by atoms with E-state index in [9.17, 15) is 13.2 Å². The molecule has 0 aliphatic carbocycles. The van der Waals surface area contributed by atoms with E-state index in [1.54, 1.807) is 12.1 Å². The Morgan fingerprint density at radius 3 is 2.52 bits per heavy atom. The van der Waals surface area contributed by atoms with Gasteiger partial charge in [-0.15, -0.1) is 0 Å². The second kappa shape index (κ2) is 6.66. The minimum atomic E-state index is -3.73. The number of nitrogens with zero attached hydrogens (tertiary/aromatic N) is 2. The van der Waals surface area contributed by atoms with E-state index in [1.807, 2.05) is 31.2 Å². The Hall–Kier alpha value is -2.71. The number of benzene rings is 2. The van der Waals surface area contributed by atoms with Crippen molar-refractivity contribution < 1.29 is 13.2 Å².